The number of amides is 1. The number of halogens is 1. The van der Waals surface area contributed by atoms with E-state index in [1.54, 1.807) is 11.0 Å². The number of rotatable bonds is 7. The Kier molecular flexibility index (Phi) is 13.4. The van der Waals surface area contributed by atoms with Gasteiger partial charge in [0.1, 0.15) is 18.0 Å². The van der Waals surface area contributed by atoms with Gasteiger partial charge in [-0.3, -0.25) is 9.69 Å². The Labute approximate surface area is 273 Å². The average molecular weight is 645 g/mol. The summed E-state index contributed by atoms with van der Waals surface area (Å²) in [6.07, 6.45) is 4.84. The van der Waals surface area contributed by atoms with Crippen molar-refractivity contribution in [3.8, 4) is 0 Å². The van der Waals surface area contributed by atoms with Crippen LogP contribution in [0.1, 0.15) is 52.0 Å². The standard InChI is InChI=1S/C35H53FN4O6/c1-25-6-8-31(42)24-33(43)46-34(26(2)7-9-32(25)45-35(44)40-15-11-37(4)12-16-40)27(3)20-28-21-29(36)23-30(22-28)39-17-13-38(14-18-39)10-5-19-41/h7,9,20-23,25-26,31-32,34,41-42H,5-6,8,10-19,24H2,1-4H3/b9-7+,27-20+/t25-,26-,31+,32-,34-/m0/s1. The predicted octanol–water partition coefficient (Wildman–Crippen LogP) is 3.77. The summed E-state index contributed by atoms with van der Waals surface area (Å²) in [5, 5.41) is 19.8. The molecule has 10 nitrogen and oxygen atoms in total. The number of nitrogens with zero attached hydrogens (tertiary/aromatic N) is 4. The highest BCUT2D eigenvalue weighted by Gasteiger charge is 2.29. The first kappa shape index (κ1) is 35.9. The molecule has 4 rings (SSSR count). The first-order valence-electron chi connectivity index (χ1n) is 16.8. The van der Waals surface area contributed by atoms with Crippen LogP contribution in [0.5, 0.6) is 0 Å². The zero-order valence-corrected chi connectivity index (χ0v) is 27.9. The number of hydrogen-bond donors (Lipinski definition) is 2. The monoisotopic (exact) mass is 644 g/mol. The lowest BCUT2D eigenvalue weighted by molar-refractivity contribution is -0.151. The normalized spacial score (nSPS) is 28.6. The van der Waals surface area contributed by atoms with Gasteiger partial charge in [0, 0.05) is 77.1 Å². The van der Waals surface area contributed by atoms with Gasteiger partial charge < -0.3 is 34.4 Å². The molecular weight excluding hydrogens is 591 g/mol. The maximum absolute atomic E-state index is 14.9. The number of carbonyl (C=O) groups excluding carboxylic acids is 2. The van der Waals surface area contributed by atoms with Gasteiger partial charge in [0.2, 0.25) is 0 Å². The van der Waals surface area contributed by atoms with Crippen LogP contribution in [-0.2, 0) is 14.3 Å². The van der Waals surface area contributed by atoms with E-state index in [9.17, 15) is 19.1 Å². The number of esters is 1. The van der Waals surface area contributed by atoms with Gasteiger partial charge >= 0.3 is 12.1 Å². The van der Waals surface area contributed by atoms with Crippen molar-refractivity contribution < 1.29 is 33.7 Å². The van der Waals surface area contributed by atoms with Gasteiger partial charge in [0.15, 0.2) is 0 Å². The molecule has 0 unspecified atom stereocenters. The van der Waals surface area contributed by atoms with Crippen LogP contribution < -0.4 is 4.90 Å². The van der Waals surface area contributed by atoms with Crippen molar-refractivity contribution >= 4 is 23.8 Å². The second-order valence-corrected chi connectivity index (χ2v) is 13.2. The number of likely N-dealkylation sites (N-methyl/N-ethyl adjacent to an activating group) is 1. The summed E-state index contributed by atoms with van der Waals surface area (Å²) in [5.41, 5.74) is 2.20. The van der Waals surface area contributed by atoms with Crippen LogP contribution in [0.4, 0.5) is 14.9 Å². The van der Waals surface area contributed by atoms with Crippen molar-refractivity contribution in [2.75, 3.05) is 77.5 Å². The molecule has 0 saturated carbocycles. The Bertz CT molecular complexity index is 1210. The molecule has 1 aromatic carbocycles. The minimum Gasteiger partial charge on any atom is -0.457 e. The smallest absolute Gasteiger partial charge is 0.410 e. The molecule has 11 heteroatoms. The summed E-state index contributed by atoms with van der Waals surface area (Å²) >= 11 is 0. The van der Waals surface area contributed by atoms with Crippen molar-refractivity contribution in [3.63, 3.8) is 0 Å². The van der Waals surface area contributed by atoms with Crippen LogP contribution >= 0.6 is 0 Å². The molecule has 5 atom stereocenters. The summed E-state index contributed by atoms with van der Waals surface area (Å²) in [6.45, 7) is 12.8. The predicted molar refractivity (Wildman–Crippen MR) is 177 cm³/mol. The average Bonchev–Trinajstić information content (AvgIpc) is 3.03. The molecule has 0 radical (unpaired) electrons. The lowest BCUT2D eigenvalue weighted by Gasteiger charge is -2.36. The Morgan fingerprint density at radius 3 is 2.46 bits per heavy atom. The zero-order chi connectivity index (χ0) is 33.2. The second-order valence-electron chi connectivity index (χ2n) is 13.2. The molecule has 2 fully saturated rings. The molecule has 3 aliphatic rings. The van der Waals surface area contributed by atoms with Crippen molar-refractivity contribution in [3.05, 3.63) is 47.3 Å². The van der Waals surface area contributed by atoms with Gasteiger partial charge in [-0.05, 0) is 74.6 Å². The molecule has 1 amide bonds. The summed E-state index contributed by atoms with van der Waals surface area (Å²) in [4.78, 5) is 34.4. The maximum atomic E-state index is 14.9. The first-order chi connectivity index (χ1) is 22.0. The lowest BCUT2D eigenvalue weighted by Crippen LogP contribution is -2.48. The van der Waals surface area contributed by atoms with E-state index in [-0.39, 0.29) is 36.8 Å². The number of piperazine rings is 2. The number of cyclic esters (lactones) is 1. The van der Waals surface area contributed by atoms with E-state index in [0.717, 1.165) is 63.5 Å². The molecule has 256 valence electrons. The van der Waals surface area contributed by atoms with Gasteiger partial charge in [0.25, 0.3) is 0 Å². The highest BCUT2D eigenvalue weighted by Crippen LogP contribution is 2.27. The fourth-order valence-electron chi connectivity index (χ4n) is 6.36. The molecule has 2 saturated heterocycles. The van der Waals surface area contributed by atoms with Gasteiger partial charge in [-0.25, -0.2) is 9.18 Å². The Hall–Kier alpha value is -2.99. The third kappa shape index (κ3) is 10.5. The molecule has 46 heavy (non-hydrogen) atoms. The van der Waals surface area contributed by atoms with Crippen LogP contribution in [0, 0.1) is 17.7 Å². The fraction of sp³-hybridized carbons (Fsp3) is 0.657. The van der Waals surface area contributed by atoms with Crippen LogP contribution in [0.15, 0.2) is 35.9 Å². The van der Waals surface area contributed by atoms with E-state index < -0.39 is 24.3 Å². The van der Waals surface area contributed by atoms with E-state index in [1.165, 1.54) is 6.07 Å². The minimum absolute atomic E-state index is 0.0673. The molecule has 0 bridgehead atoms. The van der Waals surface area contributed by atoms with Crippen molar-refractivity contribution in [1.29, 1.82) is 0 Å². The third-order valence-electron chi connectivity index (χ3n) is 9.37. The van der Waals surface area contributed by atoms with E-state index >= 15 is 0 Å². The Morgan fingerprint density at radius 2 is 1.76 bits per heavy atom. The number of carbonyl (C=O) groups is 2. The minimum atomic E-state index is -0.873. The van der Waals surface area contributed by atoms with E-state index in [4.69, 9.17) is 14.6 Å². The molecule has 3 heterocycles. The van der Waals surface area contributed by atoms with Crippen LogP contribution in [0.2, 0.25) is 0 Å². The van der Waals surface area contributed by atoms with Gasteiger partial charge in [-0.15, -0.1) is 0 Å². The number of ether oxygens (including phenoxy) is 2. The molecule has 0 aliphatic carbocycles. The number of hydrogen-bond acceptors (Lipinski definition) is 9. The Balaban J connectivity index is 1.52. The van der Waals surface area contributed by atoms with Crippen molar-refractivity contribution in [2.45, 2.75) is 64.8 Å². The summed E-state index contributed by atoms with van der Waals surface area (Å²) in [6, 6.07) is 4.97. The second kappa shape index (κ2) is 17.2. The molecule has 0 spiro atoms. The number of anilines is 1. The maximum Gasteiger partial charge on any atom is 0.410 e. The third-order valence-corrected chi connectivity index (χ3v) is 9.37. The largest absolute Gasteiger partial charge is 0.457 e. The first-order valence-corrected chi connectivity index (χ1v) is 16.8. The zero-order valence-electron chi connectivity index (χ0n) is 27.9. The number of aliphatic hydroxyl groups excluding tert-OH is 2. The van der Waals surface area contributed by atoms with Crippen molar-refractivity contribution in [2.24, 2.45) is 11.8 Å². The topological polar surface area (TPSA) is 106 Å². The Morgan fingerprint density at radius 1 is 1.04 bits per heavy atom. The fourth-order valence-corrected chi connectivity index (χ4v) is 6.36. The number of aliphatic hydroxyl groups is 2. The van der Waals surface area contributed by atoms with Gasteiger partial charge in [-0.2, -0.15) is 0 Å². The highest BCUT2D eigenvalue weighted by molar-refractivity contribution is 5.71. The van der Waals surface area contributed by atoms with Crippen LogP contribution in [0.3, 0.4) is 0 Å². The number of benzene rings is 1. The summed E-state index contributed by atoms with van der Waals surface area (Å²) in [7, 11) is 2.03. The highest BCUT2D eigenvalue weighted by atomic mass is 19.1. The lowest BCUT2D eigenvalue weighted by atomic mass is 9.91. The molecule has 0 aromatic heterocycles. The van der Waals surface area contributed by atoms with Crippen LogP contribution in [0.25, 0.3) is 6.08 Å². The van der Waals surface area contributed by atoms with E-state index in [0.29, 0.717) is 31.5 Å². The molecule has 2 N–H and O–H groups in total. The summed E-state index contributed by atoms with van der Waals surface area (Å²) in [5.74, 6) is -1.18. The molecule has 3 aliphatic heterocycles. The van der Waals surface area contributed by atoms with Crippen LogP contribution in [-0.4, -0.2) is 128 Å². The van der Waals surface area contributed by atoms with E-state index in [1.807, 2.05) is 52.1 Å². The molecule has 1 aromatic rings. The van der Waals surface area contributed by atoms with E-state index in [2.05, 4.69) is 14.7 Å². The summed E-state index contributed by atoms with van der Waals surface area (Å²) < 4.78 is 26.8. The SMILES string of the molecule is C/C(=C\c1cc(F)cc(N2CCN(CCCO)CC2)c1)[C@H]1OC(=O)C[C@H](O)CC[C@H](C)[C@@H](OC(=O)N2CCN(C)CC2)/C=C/[C@@H]1C. The quantitative estimate of drug-likeness (QED) is 0.339. The van der Waals surface area contributed by atoms with Crippen molar-refractivity contribution in [1.82, 2.24) is 14.7 Å². The van der Waals surface area contributed by atoms with Gasteiger partial charge in [0.05, 0.1) is 12.5 Å². The van der Waals surface area contributed by atoms with Gasteiger partial charge in [-0.1, -0.05) is 26.0 Å². The molecular formula is C35H53FN4O6.